The van der Waals surface area contributed by atoms with Gasteiger partial charge in [-0.1, -0.05) is 30.8 Å². The Labute approximate surface area is 170 Å². The van der Waals surface area contributed by atoms with Crippen molar-refractivity contribution in [1.82, 2.24) is 4.90 Å². The lowest BCUT2D eigenvalue weighted by atomic mass is 9.94. The third kappa shape index (κ3) is 3.81. The van der Waals surface area contributed by atoms with E-state index in [2.05, 4.69) is 4.99 Å². The lowest BCUT2D eigenvalue weighted by molar-refractivity contribution is -0.143. The lowest BCUT2D eigenvalue weighted by Crippen LogP contribution is -2.41. The standard InChI is InChI=1S/C21H26N2O4S/c1-6-16-19(24)23-18(14-8-10-15(11-9-14)26-7-2)17(20(25)27-12(3)4)13(5)22-21(23)28-16/h8-12,16,18H,6-7H2,1-5H3/t16-,18-/m0/s1. The van der Waals surface area contributed by atoms with Gasteiger partial charge >= 0.3 is 5.97 Å². The molecule has 28 heavy (non-hydrogen) atoms. The minimum atomic E-state index is -0.550. The average Bonchev–Trinajstić information content (AvgIpc) is 2.96. The zero-order valence-corrected chi connectivity index (χ0v) is 17.7. The summed E-state index contributed by atoms with van der Waals surface area (Å²) in [6.07, 6.45) is 0.450. The summed E-state index contributed by atoms with van der Waals surface area (Å²) >= 11 is 1.46. The Hall–Kier alpha value is -2.28. The largest absolute Gasteiger partial charge is 0.494 e. The number of fused-ring (bicyclic) bond motifs is 1. The molecule has 2 heterocycles. The fraction of sp³-hybridized carbons (Fsp3) is 0.476. The van der Waals surface area contributed by atoms with E-state index in [0.29, 0.717) is 29.5 Å². The Balaban J connectivity index is 2.07. The number of esters is 1. The number of amidine groups is 1. The molecule has 3 rings (SSSR count). The SMILES string of the molecule is CCOc1ccc([C@H]2C(C(=O)OC(C)C)=C(C)N=C3S[C@@H](CC)C(=O)N32)cc1. The minimum Gasteiger partial charge on any atom is -0.494 e. The Morgan fingerprint density at radius 3 is 2.50 bits per heavy atom. The Kier molecular flexibility index (Phi) is 6.13. The first-order chi connectivity index (χ1) is 13.4. The molecule has 0 saturated carbocycles. The van der Waals surface area contributed by atoms with E-state index in [1.54, 1.807) is 25.7 Å². The van der Waals surface area contributed by atoms with Crippen LogP contribution >= 0.6 is 11.8 Å². The second-order valence-corrected chi connectivity index (χ2v) is 8.14. The molecule has 0 radical (unpaired) electrons. The maximum absolute atomic E-state index is 13.0. The molecule has 7 heteroatoms. The Bertz CT molecular complexity index is 829. The number of ether oxygens (including phenoxy) is 2. The van der Waals surface area contributed by atoms with Crippen LogP contribution in [0, 0.1) is 0 Å². The van der Waals surface area contributed by atoms with E-state index in [0.717, 1.165) is 11.3 Å². The monoisotopic (exact) mass is 402 g/mol. The molecule has 1 aromatic carbocycles. The van der Waals surface area contributed by atoms with Crippen LogP contribution in [0.5, 0.6) is 5.75 Å². The molecule has 1 aromatic rings. The van der Waals surface area contributed by atoms with E-state index in [1.165, 1.54) is 11.8 Å². The van der Waals surface area contributed by atoms with Crippen molar-refractivity contribution < 1.29 is 19.1 Å². The van der Waals surface area contributed by atoms with Crippen molar-refractivity contribution in [3.63, 3.8) is 0 Å². The van der Waals surface area contributed by atoms with E-state index < -0.39 is 12.0 Å². The highest BCUT2D eigenvalue weighted by molar-refractivity contribution is 8.15. The highest BCUT2D eigenvalue weighted by Crippen LogP contribution is 2.44. The van der Waals surface area contributed by atoms with Crippen LogP contribution in [-0.2, 0) is 14.3 Å². The van der Waals surface area contributed by atoms with Crippen LogP contribution in [-0.4, -0.2) is 39.9 Å². The summed E-state index contributed by atoms with van der Waals surface area (Å²) in [5, 5.41) is 0.464. The van der Waals surface area contributed by atoms with Crippen molar-refractivity contribution in [3.05, 3.63) is 41.1 Å². The molecule has 1 saturated heterocycles. The summed E-state index contributed by atoms with van der Waals surface area (Å²) in [5.74, 6) is 0.288. The number of thioether (sulfide) groups is 1. The van der Waals surface area contributed by atoms with Crippen molar-refractivity contribution >= 4 is 28.8 Å². The van der Waals surface area contributed by atoms with Crippen LogP contribution < -0.4 is 4.74 Å². The molecule has 2 aliphatic heterocycles. The van der Waals surface area contributed by atoms with Crippen LogP contribution in [0.1, 0.15) is 52.6 Å². The van der Waals surface area contributed by atoms with Gasteiger partial charge in [-0.05, 0) is 51.8 Å². The number of hydrogen-bond acceptors (Lipinski definition) is 6. The number of benzene rings is 1. The minimum absolute atomic E-state index is 0.0209. The maximum Gasteiger partial charge on any atom is 0.338 e. The van der Waals surface area contributed by atoms with Crippen molar-refractivity contribution in [1.29, 1.82) is 0 Å². The highest BCUT2D eigenvalue weighted by atomic mass is 32.2. The molecule has 2 aliphatic rings. The summed E-state index contributed by atoms with van der Waals surface area (Å²) in [4.78, 5) is 32.2. The van der Waals surface area contributed by atoms with Gasteiger partial charge < -0.3 is 9.47 Å². The first kappa shape index (κ1) is 20.5. The van der Waals surface area contributed by atoms with Crippen molar-refractivity contribution in [2.24, 2.45) is 4.99 Å². The average molecular weight is 403 g/mol. The van der Waals surface area contributed by atoms with Crippen LogP contribution in [0.2, 0.25) is 0 Å². The Morgan fingerprint density at radius 1 is 1.25 bits per heavy atom. The zero-order chi connectivity index (χ0) is 20.4. The molecule has 1 fully saturated rings. The summed E-state index contributed by atoms with van der Waals surface area (Å²) in [6, 6.07) is 6.95. The van der Waals surface area contributed by atoms with Gasteiger partial charge in [0.05, 0.1) is 35.3 Å². The molecule has 0 aromatic heterocycles. The van der Waals surface area contributed by atoms with Crippen LogP contribution in [0.4, 0.5) is 0 Å². The highest BCUT2D eigenvalue weighted by Gasteiger charge is 2.47. The molecular formula is C21H26N2O4S. The molecule has 0 bridgehead atoms. The molecular weight excluding hydrogens is 376 g/mol. The van der Waals surface area contributed by atoms with Gasteiger partial charge in [0.2, 0.25) is 5.91 Å². The summed E-state index contributed by atoms with van der Waals surface area (Å²) in [5.41, 5.74) is 1.83. The van der Waals surface area contributed by atoms with Gasteiger partial charge in [0.15, 0.2) is 5.17 Å². The second-order valence-electron chi connectivity index (χ2n) is 6.98. The lowest BCUT2D eigenvalue weighted by Gasteiger charge is -2.33. The number of aliphatic imine (C=N–C) groups is 1. The summed E-state index contributed by atoms with van der Waals surface area (Å²) in [6.45, 7) is 9.89. The third-order valence-electron chi connectivity index (χ3n) is 4.59. The van der Waals surface area contributed by atoms with Crippen LogP contribution in [0.3, 0.4) is 0 Å². The molecule has 0 unspecified atom stereocenters. The number of carbonyl (C=O) groups is 2. The van der Waals surface area contributed by atoms with Crippen LogP contribution in [0.15, 0.2) is 40.5 Å². The molecule has 1 amide bonds. The first-order valence-corrected chi connectivity index (χ1v) is 10.5. The smallest absolute Gasteiger partial charge is 0.338 e. The fourth-order valence-corrected chi connectivity index (χ4v) is 4.49. The van der Waals surface area contributed by atoms with E-state index in [9.17, 15) is 9.59 Å². The predicted molar refractivity (Wildman–Crippen MR) is 110 cm³/mol. The molecule has 2 atom stereocenters. The molecule has 0 N–H and O–H groups in total. The van der Waals surface area contributed by atoms with Crippen molar-refractivity contribution in [2.75, 3.05) is 6.61 Å². The number of nitrogens with zero attached hydrogens (tertiary/aromatic N) is 2. The van der Waals surface area contributed by atoms with Crippen molar-refractivity contribution in [3.8, 4) is 5.75 Å². The van der Waals surface area contributed by atoms with Gasteiger partial charge in [0, 0.05) is 0 Å². The first-order valence-electron chi connectivity index (χ1n) is 9.60. The number of rotatable bonds is 6. The normalized spacial score (nSPS) is 21.7. The van der Waals surface area contributed by atoms with Gasteiger partial charge in [-0.15, -0.1) is 0 Å². The van der Waals surface area contributed by atoms with E-state index in [1.807, 2.05) is 38.1 Å². The van der Waals surface area contributed by atoms with Crippen LogP contribution in [0.25, 0.3) is 0 Å². The molecule has 0 aliphatic carbocycles. The fourth-order valence-electron chi connectivity index (χ4n) is 3.36. The number of hydrogen-bond donors (Lipinski definition) is 0. The number of allylic oxidation sites excluding steroid dienone is 1. The quantitative estimate of drug-likeness (QED) is 0.671. The summed E-state index contributed by atoms with van der Waals surface area (Å²) < 4.78 is 11.0. The van der Waals surface area contributed by atoms with E-state index >= 15 is 0 Å². The molecule has 6 nitrogen and oxygen atoms in total. The topological polar surface area (TPSA) is 68.2 Å². The third-order valence-corrected chi connectivity index (χ3v) is 5.91. The second kappa shape index (κ2) is 8.39. The number of carbonyl (C=O) groups excluding carboxylic acids is 2. The maximum atomic E-state index is 13.0. The number of amides is 1. The van der Waals surface area contributed by atoms with Crippen molar-refractivity contribution in [2.45, 2.75) is 58.4 Å². The molecule has 150 valence electrons. The van der Waals surface area contributed by atoms with Gasteiger partial charge in [0.25, 0.3) is 0 Å². The van der Waals surface area contributed by atoms with Gasteiger partial charge in [-0.25, -0.2) is 9.79 Å². The van der Waals surface area contributed by atoms with E-state index in [-0.39, 0.29) is 17.3 Å². The molecule has 0 spiro atoms. The summed E-state index contributed by atoms with van der Waals surface area (Å²) in [7, 11) is 0. The zero-order valence-electron chi connectivity index (χ0n) is 16.9. The van der Waals surface area contributed by atoms with E-state index in [4.69, 9.17) is 9.47 Å². The predicted octanol–water partition coefficient (Wildman–Crippen LogP) is 4.08. The Morgan fingerprint density at radius 2 is 1.93 bits per heavy atom. The van der Waals surface area contributed by atoms with Gasteiger partial charge in [-0.3, -0.25) is 9.69 Å². The van der Waals surface area contributed by atoms with Gasteiger partial charge in [-0.2, -0.15) is 0 Å². The van der Waals surface area contributed by atoms with Gasteiger partial charge in [0.1, 0.15) is 5.75 Å².